The van der Waals surface area contributed by atoms with Crippen molar-refractivity contribution in [3.05, 3.63) is 70.9 Å². The van der Waals surface area contributed by atoms with Crippen LogP contribution in [0.5, 0.6) is 5.75 Å². The van der Waals surface area contributed by atoms with E-state index < -0.39 is 0 Å². The normalized spacial score (nSPS) is 10.5. The second kappa shape index (κ2) is 8.87. The fourth-order valence-corrected chi connectivity index (χ4v) is 2.96. The third-order valence-corrected chi connectivity index (χ3v) is 4.62. The van der Waals surface area contributed by atoms with Crippen LogP contribution in [0.15, 0.2) is 54.7 Å². The maximum atomic E-state index is 9.51. The van der Waals surface area contributed by atoms with Gasteiger partial charge in [-0.2, -0.15) is 4.98 Å². The Hall–Kier alpha value is -2.31. The first-order valence-corrected chi connectivity index (χ1v) is 9.60. The molecule has 1 heterocycles. The van der Waals surface area contributed by atoms with Crippen LogP contribution in [0.2, 0.25) is 5.02 Å². The average Bonchev–Trinajstić information content (AvgIpc) is 2.64. The molecule has 0 aliphatic heterocycles. The number of nitrogens with one attached hydrogen (secondary N) is 2. The zero-order valence-corrected chi connectivity index (χ0v) is 16.3. The maximum Gasteiger partial charge on any atom is 0.229 e. The molecule has 26 heavy (non-hydrogen) atoms. The molecule has 1 aromatic heterocycles. The second-order valence-electron chi connectivity index (χ2n) is 5.70. The van der Waals surface area contributed by atoms with Crippen LogP contribution in [-0.4, -0.2) is 21.6 Å². The zero-order chi connectivity index (χ0) is 18.4. The highest BCUT2D eigenvalue weighted by Crippen LogP contribution is 2.22. The van der Waals surface area contributed by atoms with E-state index in [2.05, 4.69) is 36.5 Å². The Balaban J connectivity index is 1.65. The van der Waals surface area contributed by atoms with Crippen molar-refractivity contribution < 1.29 is 5.11 Å². The topological polar surface area (TPSA) is 70.1 Å². The van der Waals surface area contributed by atoms with Gasteiger partial charge in [0.25, 0.3) is 0 Å². The monoisotopic (exact) mass is 432 g/mol. The molecule has 0 radical (unpaired) electrons. The summed E-state index contributed by atoms with van der Waals surface area (Å²) in [6, 6.07) is 15.2. The van der Waals surface area contributed by atoms with Gasteiger partial charge < -0.3 is 15.7 Å². The number of aromatic hydroxyl groups is 1. The van der Waals surface area contributed by atoms with E-state index in [1.54, 1.807) is 18.3 Å². The minimum atomic E-state index is 0.264. The number of phenols is 1. The number of alkyl halides is 1. The number of nitrogens with zero attached hydrogens (tertiary/aromatic N) is 2. The zero-order valence-electron chi connectivity index (χ0n) is 13.9. The Labute approximate surface area is 165 Å². The van der Waals surface area contributed by atoms with E-state index in [4.69, 9.17) is 11.6 Å². The van der Waals surface area contributed by atoms with Crippen LogP contribution < -0.4 is 10.6 Å². The summed E-state index contributed by atoms with van der Waals surface area (Å²) in [7, 11) is 0. The Morgan fingerprint density at radius 2 is 1.88 bits per heavy atom. The minimum Gasteiger partial charge on any atom is -0.508 e. The molecule has 3 aromatic rings. The average molecular weight is 434 g/mol. The highest BCUT2D eigenvalue weighted by Gasteiger charge is 2.06. The summed E-state index contributed by atoms with van der Waals surface area (Å²) in [5.74, 6) is 1.31. The van der Waals surface area contributed by atoms with Gasteiger partial charge in [0.05, 0.1) is 6.20 Å². The number of halogens is 2. The van der Waals surface area contributed by atoms with Crippen LogP contribution in [0, 0.1) is 0 Å². The van der Waals surface area contributed by atoms with E-state index in [-0.39, 0.29) is 5.75 Å². The molecule has 0 unspecified atom stereocenters. The first kappa shape index (κ1) is 18.5. The van der Waals surface area contributed by atoms with Gasteiger partial charge in [0.15, 0.2) is 5.82 Å². The summed E-state index contributed by atoms with van der Waals surface area (Å²) >= 11 is 9.64. The predicted molar refractivity (Wildman–Crippen MR) is 110 cm³/mol. The van der Waals surface area contributed by atoms with Gasteiger partial charge in [-0.3, -0.25) is 0 Å². The first-order chi connectivity index (χ1) is 12.6. The third kappa shape index (κ3) is 5.09. The van der Waals surface area contributed by atoms with Crippen molar-refractivity contribution in [1.82, 2.24) is 9.97 Å². The van der Waals surface area contributed by atoms with E-state index in [1.807, 2.05) is 36.4 Å². The summed E-state index contributed by atoms with van der Waals surface area (Å²) in [4.78, 5) is 8.67. The van der Waals surface area contributed by atoms with Crippen molar-refractivity contribution in [3.8, 4) is 5.75 Å². The molecule has 3 N–H and O–H groups in total. The Morgan fingerprint density at radius 3 is 2.69 bits per heavy atom. The number of benzene rings is 2. The SMILES string of the molecule is Oc1cccc(CCNc2nc(Nc3cccc(CBr)c3)ncc2Cl)c1. The van der Waals surface area contributed by atoms with Crippen molar-refractivity contribution in [2.24, 2.45) is 0 Å². The summed E-state index contributed by atoms with van der Waals surface area (Å²) in [6.07, 6.45) is 2.31. The van der Waals surface area contributed by atoms with Crippen molar-refractivity contribution in [2.45, 2.75) is 11.8 Å². The van der Waals surface area contributed by atoms with Gasteiger partial charge in [-0.1, -0.05) is 51.8 Å². The highest BCUT2D eigenvalue weighted by atomic mass is 79.9. The number of hydrogen-bond acceptors (Lipinski definition) is 5. The molecule has 0 spiro atoms. The van der Waals surface area contributed by atoms with E-state index in [9.17, 15) is 5.11 Å². The Morgan fingerprint density at radius 1 is 1.08 bits per heavy atom. The summed E-state index contributed by atoms with van der Waals surface area (Å²) in [5.41, 5.74) is 3.11. The maximum absolute atomic E-state index is 9.51. The first-order valence-electron chi connectivity index (χ1n) is 8.10. The molecule has 0 fully saturated rings. The van der Waals surface area contributed by atoms with Gasteiger partial charge in [-0.15, -0.1) is 0 Å². The molecule has 0 aliphatic carbocycles. The van der Waals surface area contributed by atoms with Gasteiger partial charge in [0, 0.05) is 17.6 Å². The van der Waals surface area contributed by atoms with Crippen LogP contribution in [-0.2, 0) is 11.8 Å². The molecule has 134 valence electrons. The van der Waals surface area contributed by atoms with E-state index >= 15 is 0 Å². The van der Waals surface area contributed by atoms with Crippen LogP contribution in [0.1, 0.15) is 11.1 Å². The quantitative estimate of drug-likeness (QED) is 0.451. The number of aromatic nitrogens is 2. The molecule has 0 aliphatic rings. The lowest BCUT2D eigenvalue weighted by molar-refractivity contribution is 0.474. The number of rotatable bonds is 7. The molecule has 0 saturated carbocycles. The van der Waals surface area contributed by atoms with Gasteiger partial charge in [-0.25, -0.2) is 4.98 Å². The highest BCUT2D eigenvalue weighted by molar-refractivity contribution is 9.08. The predicted octanol–water partition coefficient (Wildman–Crippen LogP) is 5.13. The molecule has 0 atom stereocenters. The second-order valence-corrected chi connectivity index (χ2v) is 6.66. The Bertz CT molecular complexity index is 891. The molecule has 2 aromatic carbocycles. The molecule has 7 heteroatoms. The minimum absolute atomic E-state index is 0.264. The molecule has 3 rings (SSSR count). The third-order valence-electron chi connectivity index (χ3n) is 3.70. The smallest absolute Gasteiger partial charge is 0.229 e. The number of hydrogen-bond donors (Lipinski definition) is 3. The summed E-state index contributed by atoms with van der Waals surface area (Å²) < 4.78 is 0. The van der Waals surface area contributed by atoms with Crippen molar-refractivity contribution in [3.63, 3.8) is 0 Å². The van der Waals surface area contributed by atoms with E-state index in [0.717, 1.165) is 28.6 Å². The number of anilines is 3. The Kier molecular flexibility index (Phi) is 6.30. The van der Waals surface area contributed by atoms with Gasteiger partial charge in [0.2, 0.25) is 5.95 Å². The van der Waals surface area contributed by atoms with E-state index in [0.29, 0.717) is 23.3 Å². The molecule has 0 bridgehead atoms. The standard InChI is InChI=1S/C19H18BrClN4O/c20-11-14-4-1-5-15(9-14)24-19-23-12-17(21)18(25-19)22-8-7-13-3-2-6-16(26)10-13/h1-6,9-10,12,26H,7-8,11H2,(H2,22,23,24,25). The van der Waals surface area contributed by atoms with Gasteiger partial charge in [-0.05, 0) is 41.8 Å². The number of phenolic OH excluding ortho intramolecular Hbond substituents is 1. The summed E-state index contributed by atoms with van der Waals surface area (Å²) in [5, 5.41) is 17.2. The van der Waals surface area contributed by atoms with Crippen LogP contribution >= 0.6 is 27.5 Å². The van der Waals surface area contributed by atoms with Crippen LogP contribution in [0.4, 0.5) is 17.5 Å². The summed E-state index contributed by atoms with van der Waals surface area (Å²) in [6.45, 7) is 0.638. The van der Waals surface area contributed by atoms with E-state index in [1.165, 1.54) is 0 Å². The van der Waals surface area contributed by atoms with Gasteiger partial charge >= 0.3 is 0 Å². The molecular formula is C19H18BrClN4O. The lowest BCUT2D eigenvalue weighted by atomic mass is 10.1. The van der Waals surface area contributed by atoms with Crippen molar-refractivity contribution in [2.75, 3.05) is 17.2 Å². The lowest BCUT2D eigenvalue weighted by Gasteiger charge is -2.11. The van der Waals surface area contributed by atoms with Crippen LogP contribution in [0.25, 0.3) is 0 Å². The lowest BCUT2D eigenvalue weighted by Crippen LogP contribution is -2.08. The van der Waals surface area contributed by atoms with Gasteiger partial charge in [0.1, 0.15) is 10.8 Å². The molecule has 0 saturated heterocycles. The largest absolute Gasteiger partial charge is 0.508 e. The fourth-order valence-electron chi connectivity index (χ4n) is 2.45. The fraction of sp³-hybridized carbons (Fsp3) is 0.158. The van der Waals surface area contributed by atoms with Crippen molar-refractivity contribution in [1.29, 1.82) is 0 Å². The van der Waals surface area contributed by atoms with Crippen molar-refractivity contribution >= 4 is 45.0 Å². The molecule has 0 amide bonds. The molecular weight excluding hydrogens is 416 g/mol. The molecule has 5 nitrogen and oxygen atoms in total. The van der Waals surface area contributed by atoms with Crippen LogP contribution in [0.3, 0.4) is 0 Å².